The van der Waals surface area contributed by atoms with Gasteiger partial charge in [-0.05, 0) is 29.8 Å². The van der Waals surface area contributed by atoms with E-state index in [2.05, 4.69) is 5.32 Å². The summed E-state index contributed by atoms with van der Waals surface area (Å²) in [6, 6.07) is 24.2. The SMILES string of the molecule is COc1ccc(C(NC(=O)c2ccccc2)C(=O)O[C@H]2C[N+]3(CC(=O)c4ccccc4)CCC2CC3)cc1. The first kappa shape index (κ1) is 25.7. The molecule has 3 fully saturated rings. The van der Waals surface area contributed by atoms with Crippen LogP contribution in [0.3, 0.4) is 0 Å². The van der Waals surface area contributed by atoms with E-state index in [0.717, 1.165) is 25.9 Å². The summed E-state index contributed by atoms with van der Waals surface area (Å²) in [4.78, 5) is 39.7. The van der Waals surface area contributed by atoms with Crippen molar-refractivity contribution in [1.82, 2.24) is 5.32 Å². The van der Waals surface area contributed by atoms with E-state index in [1.807, 2.05) is 36.4 Å². The summed E-state index contributed by atoms with van der Waals surface area (Å²) in [6.07, 6.45) is 1.51. The van der Waals surface area contributed by atoms with Gasteiger partial charge in [-0.1, -0.05) is 60.7 Å². The zero-order chi connectivity index (χ0) is 26.5. The van der Waals surface area contributed by atoms with Gasteiger partial charge in [0.25, 0.3) is 5.91 Å². The number of fused-ring (bicyclic) bond motifs is 3. The van der Waals surface area contributed by atoms with Crippen LogP contribution in [0.25, 0.3) is 0 Å². The van der Waals surface area contributed by atoms with Crippen molar-refractivity contribution in [1.29, 1.82) is 0 Å². The molecule has 6 rings (SSSR count). The standard InChI is InChI=1S/C31H32N2O5/c1-37-26-14-12-24(13-15-26)29(32-30(35)25-10-6-3-7-11-25)31(36)38-28-21-33(18-16-23(28)17-19-33)20-27(34)22-8-4-2-5-9-22/h2-15,23,28-29H,16-21H2,1H3/p+1/t23?,28-,29?,33?/m0/s1. The molecule has 0 aliphatic carbocycles. The molecule has 2 atom stereocenters. The first-order chi connectivity index (χ1) is 18.5. The summed E-state index contributed by atoms with van der Waals surface area (Å²) >= 11 is 0. The Morgan fingerprint density at radius 3 is 2.08 bits per heavy atom. The van der Waals surface area contributed by atoms with Crippen molar-refractivity contribution in [2.45, 2.75) is 25.0 Å². The Bertz CT molecular complexity index is 1270. The Hall–Kier alpha value is -3.97. The second-order valence-electron chi connectivity index (χ2n) is 10.3. The number of amides is 1. The number of methoxy groups -OCH3 is 1. The molecule has 3 aromatic carbocycles. The van der Waals surface area contributed by atoms with E-state index in [-0.39, 0.29) is 23.7 Å². The molecule has 38 heavy (non-hydrogen) atoms. The molecule has 0 spiro atoms. The van der Waals surface area contributed by atoms with Gasteiger partial charge in [0.1, 0.15) is 18.8 Å². The van der Waals surface area contributed by atoms with Gasteiger partial charge < -0.3 is 19.3 Å². The van der Waals surface area contributed by atoms with E-state index < -0.39 is 12.0 Å². The van der Waals surface area contributed by atoms with Gasteiger partial charge in [0.2, 0.25) is 5.78 Å². The van der Waals surface area contributed by atoms with Crippen molar-refractivity contribution in [3.63, 3.8) is 0 Å². The molecule has 7 nitrogen and oxygen atoms in total. The van der Waals surface area contributed by atoms with Crippen LogP contribution >= 0.6 is 0 Å². The zero-order valence-corrected chi connectivity index (χ0v) is 21.5. The summed E-state index contributed by atoms with van der Waals surface area (Å²) in [5.74, 6) is 0.177. The minimum Gasteiger partial charge on any atom is -0.497 e. The summed E-state index contributed by atoms with van der Waals surface area (Å²) in [6.45, 7) is 2.82. The van der Waals surface area contributed by atoms with Crippen molar-refractivity contribution in [2.75, 3.05) is 33.3 Å². The smallest absolute Gasteiger partial charge is 0.333 e. The predicted octanol–water partition coefficient (Wildman–Crippen LogP) is 4.20. The zero-order valence-electron chi connectivity index (χ0n) is 21.5. The van der Waals surface area contributed by atoms with Crippen molar-refractivity contribution in [3.05, 3.63) is 102 Å². The topological polar surface area (TPSA) is 81.7 Å². The number of Topliss-reactive ketones (excluding diaryl/α,β-unsaturated/α-hetero) is 1. The Balaban J connectivity index is 1.32. The van der Waals surface area contributed by atoms with Crippen LogP contribution in [0.1, 0.15) is 45.2 Å². The van der Waals surface area contributed by atoms with Gasteiger partial charge >= 0.3 is 5.97 Å². The highest BCUT2D eigenvalue weighted by atomic mass is 16.5. The fourth-order valence-corrected chi connectivity index (χ4v) is 5.69. The highest BCUT2D eigenvalue weighted by molar-refractivity contribution is 5.97. The molecule has 3 aromatic rings. The van der Waals surface area contributed by atoms with Crippen LogP contribution in [-0.2, 0) is 9.53 Å². The van der Waals surface area contributed by atoms with Crippen LogP contribution in [0.2, 0.25) is 0 Å². The quantitative estimate of drug-likeness (QED) is 0.264. The van der Waals surface area contributed by atoms with E-state index in [9.17, 15) is 14.4 Å². The highest BCUT2D eigenvalue weighted by Gasteiger charge is 2.49. The second-order valence-corrected chi connectivity index (χ2v) is 10.3. The lowest BCUT2D eigenvalue weighted by Gasteiger charge is -2.51. The molecular formula is C31H33N2O5+. The number of ether oxygens (including phenoxy) is 2. The number of carbonyl (C=O) groups excluding carboxylic acids is 3. The van der Waals surface area contributed by atoms with Crippen LogP contribution < -0.4 is 10.1 Å². The van der Waals surface area contributed by atoms with Crippen molar-refractivity contribution >= 4 is 17.7 Å². The molecule has 1 amide bonds. The lowest BCUT2D eigenvalue weighted by Crippen LogP contribution is -2.66. The number of esters is 1. The molecule has 3 saturated heterocycles. The predicted molar refractivity (Wildman–Crippen MR) is 143 cm³/mol. The number of benzene rings is 3. The Morgan fingerprint density at radius 2 is 1.47 bits per heavy atom. The van der Waals surface area contributed by atoms with Crippen LogP contribution in [0.15, 0.2) is 84.9 Å². The molecule has 0 saturated carbocycles. The van der Waals surface area contributed by atoms with Gasteiger partial charge in [0.05, 0.1) is 20.2 Å². The number of hydrogen-bond acceptors (Lipinski definition) is 5. The Labute approximate surface area is 223 Å². The van der Waals surface area contributed by atoms with Gasteiger partial charge in [-0.2, -0.15) is 0 Å². The minimum absolute atomic E-state index is 0.113. The number of hydrogen-bond donors (Lipinski definition) is 1. The summed E-state index contributed by atoms with van der Waals surface area (Å²) in [5.41, 5.74) is 1.79. The molecule has 3 aliphatic heterocycles. The van der Waals surface area contributed by atoms with E-state index in [4.69, 9.17) is 9.47 Å². The molecule has 196 valence electrons. The first-order valence-corrected chi connectivity index (χ1v) is 13.1. The maximum atomic E-state index is 13.6. The highest BCUT2D eigenvalue weighted by Crippen LogP contribution is 2.36. The van der Waals surface area contributed by atoms with E-state index >= 15 is 0 Å². The molecule has 2 bridgehead atoms. The maximum absolute atomic E-state index is 13.6. The third-order valence-corrected chi connectivity index (χ3v) is 7.88. The van der Waals surface area contributed by atoms with Crippen LogP contribution in [0.4, 0.5) is 0 Å². The number of carbonyl (C=O) groups is 3. The van der Waals surface area contributed by atoms with Gasteiger partial charge in [-0.15, -0.1) is 0 Å². The fourth-order valence-electron chi connectivity index (χ4n) is 5.69. The van der Waals surface area contributed by atoms with Gasteiger partial charge in [-0.25, -0.2) is 4.79 Å². The summed E-state index contributed by atoms with van der Waals surface area (Å²) in [5, 5.41) is 2.87. The monoisotopic (exact) mass is 513 g/mol. The van der Waals surface area contributed by atoms with Crippen molar-refractivity contribution < 1.29 is 28.3 Å². The maximum Gasteiger partial charge on any atom is 0.333 e. The number of rotatable bonds is 9. The number of piperidine rings is 3. The molecule has 0 aromatic heterocycles. The third kappa shape index (κ3) is 5.63. The van der Waals surface area contributed by atoms with Gasteiger partial charge in [-0.3, -0.25) is 9.59 Å². The lowest BCUT2D eigenvalue weighted by molar-refractivity contribution is -0.938. The average molecular weight is 514 g/mol. The van der Waals surface area contributed by atoms with Gasteiger partial charge in [0.15, 0.2) is 12.1 Å². The number of ketones is 1. The molecule has 1 N–H and O–H groups in total. The van der Waals surface area contributed by atoms with E-state index in [0.29, 0.717) is 40.0 Å². The average Bonchev–Trinajstić information content (AvgIpc) is 2.97. The van der Waals surface area contributed by atoms with E-state index in [1.165, 1.54) is 0 Å². The first-order valence-electron chi connectivity index (χ1n) is 13.1. The second kappa shape index (κ2) is 11.2. The lowest BCUT2D eigenvalue weighted by atomic mass is 9.82. The molecule has 3 heterocycles. The summed E-state index contributed by atoms with van der Waals surface area (Å²) in [7, 11) is 1.58. The van der Waals surface area contributed by atoms with Crippen LogP contribution in [0.5, 0.6) is 5.75 Å². The van der Waals surface area contributed by atoms with Crippen LogP contribution in [-0.4, -0.2) is 61.5 Å². The number of nitrogens with zero attached hydrogens (tertiary/aromatic N) is 1. The third-order valence-electron chi connectivity index (χ3n) is 7.88. The van der Waals surface area contributed by atoms with Crippen LogP contribution in [0, 0.1) is 5.92 Å². The molecule has 3 aliphatic rings. The summed E-state index contributed by atoms with van der Waals surface area (Å²) < 4.78 is 12.0. The Morgan fingerprint density at radius 1 is 0.868 bits per heavy atom. The Kier molecular flexibility index (Phi) is 7.56. The fraction of sp³-hybridized carbons (Fsp3) is 0.323. The number of nitrogens with one attached hydrogen (secondary N) is 1. The molecule has 1 unspecified atom stereocenters. The molecule has 7 heteroatoms. The minimum atomic E-state index is -0.969. The number of quaternary nitrogens is 1. The molecular weight excluding hydrogens is 480 g/mol. The largest absolute Gasteiger partial charge is 0.497 e. The van der Waals surface area contributed by atoms with Crippen molar-refractivity contribution in [3.8, 4) is 5.75 Å². The van der Waals surface area contributed by atoms with Crippen molar-refractivity contribution in [2.24, 2.45) is 5.92 Å². The normalized spacial score (nSPS) is 22.8. The van der Waals surface area contributed by atoms with Gasteiger partial charge in [0, 0.05) is 29.9 Å². The molecule has 0 radical (unpaired) electrons. The van der Waals surface area contributed by atoms with E-state index in [1.54, 1.807) is 55.6 Å².